The maximum atomic E-state index is 13.3. The lowest BCUT2D eigenvalue weighted by molar-refractivity contribution is -0.144. The molecule has 0 spiro atoms. The Bertz CT molecular complexity index is 1280. The lowest BCUT2D eigenvalue weighted by atomic mass is 10.2. The van der Waals surface area contributed by atoms with Crippen LogP contribution < -0.4 is 15.0 Å². The van der Waals surface area contributed by atoms with Gasteiger partial charge in [-0.3, -0.25) is 4.79 Å². The van der Waals surface area contributed by atoms with Gasteiger partial charge >= 0.3 is 5.97 Å². The molecule has 1 aromatic heterocycles. The highest BCUT2D eigenvalue weighted by molar-refractivity contribution is 9.10. The maximum absolute atomic E-state index is 13.3. The van der Waals surface area contributed by atoms with E-state index < -0.39 is 12.1 Å². The molecule has 0 amide bonds. The molecule has 0 fully saturated rings. The number of fused-ring (bicyclic) bond motifs is 1. The van der Waals surface area contributed by atoms with Crippen molar-refractivity contribution in [3.05, 3.63) is 61.6 Å². The SMILES string of the molecule is CCCCc1nc2ccc(Br)cc2c(=O)n1N=Cc1cc(Cl)cc(OC)c1O[C@H](C)C(=O)O. The molecule has 8 nitrogen and oxygen atoms in total. The number of benzene rings is 2. The van der Waals surface area contributed by atoms with Crippen molar-refractivity contribution in [2.45, 2.75) is 39.2 Å². The van der Waals surface area contributed by atoms with Gasteiger partial charge in [0.1, 0.15) is 5.82 Å². The van der Waals surface area contributed by atoms with E-state index in [1.165, 1.54) is 31.0 Å². The molecule has 174 valence electrons. The second-order valence-electron chi connectivity index (χ2n) is 7.28. The number of unbranched alkanes of at least 4 members (excludes halogenated alkanes) is 1. The summed E-state index contributed by atoms with van der Waals surface area (Å²) in [7, 11) is 1.42. The molecule has 2 aromatic carbocycles. The summed E-state index contributed by atoms with van der Waals surface area (Å²) in [5.41, 5.74) is 0.624. The summed E-state index contributed by atoms with van der Waals surface area (Å²) >= 11 is 9.60. The molecule has 33 heavy (non-hydrogen) atoms. The van der Waals surface area contributed by atoms with Gasteiger partial charge < -0.3 is 14.6 Å². The van der Waals surface area contributed by atoms with Crippen LogP contribution >= 0.6 is 27.5 Å². The van der Waals surface area contributed by atoms with Crippen LogP contribution in [-0.4, -0.2) is 40.2 Å². The number of ether oxygens (including phenoxy) is 2. The number of carboxylic acids is 1. The molecule has 1 atom stereocenters. The zero-order valence-corrected chi connectivity index (χ0v) is 20.7. The smallest absolute Gasteiger partial charge is 0.344 e. The monoisotopic (exact) mass is 535 g/mol. The highest BCUT2D eigenvalue weighted by Crippen LogP contribution is 2.34. The molecule has 0 bridgehead atoms. The summed E-state index contributed by atoms with van der Waals surface area (Å²) in [4.78, 5) is 29.2. The van der Waals surface area contributed by atoms with Crippen LogP contribution in [0, 0.1) is 0 Å². The van der Waals surface area contributed by atoms with Gasteiger partial charge in [0.15, 0.2) is 17.6 Å². The van der Waals surface area contributed by atoms with Crippen LogP contribution in [-0.2, 0) is 11.2 Å². The molecule has 0 aliphatic rings. The van der Waals surface area contributed by atoms with E-state index in [0.717, 1.165) is 17.3 Å². The van der Waals surface area contributed by atoms with Crippen molar-refractivity contribution in [3.63, 3.8) is 0 Å². The second kappa shape index (κ2) is 10.8. The predicted molar refractivity (Wildman–Crippen MR) is 131 cm³/mol. The van der Waals surface area contributed by atoms with Crippen LogP contribution in [0.1, 0.15) is 38.1 Å². The first kappa shape index (κ1) is 24.7. The van der Waals surface area contributed by atoms with E-state index in [9.17, 15) is 14.7 Å². The van der Waals surface area contributed by atoms with E-state index in [4.69, 9.17) is 21.1 Å². The Balaban J connectivity index is 2.16. The van der Waals surface area contributed by atoms with Gasteiger partial charge in [0.05, 0.1) is 24.2 Å². The van der Waals surface area contributed by atoms with Crippen LogP contribution in [0.4, 0.5) is 0 Å². The fraction of sp³-hybridized carbons (Fsp3) is 0.304. The largest absolute Gasteiger partial charge is 0.493 e. The number of hydrogen-bond donors (Lipinski definition) is 1. The molecular formula is C23H23BrClN3O5. The minimum atomic E-state index is -1.14. The van der Waals surface area contributed by atoms with E-state index in [-0.39, 0.29) is 17.1 Å². The number of carboxylic acid groups (broad SMARTS) is 1. The van der Waals surface area contributed by atoms with E-state index in [1.807, 2.05) is 6.07 Å². The Morgan fingerprint density at radius 2 is 2.12 bits per heavy atom. The Kier molecular flexibility index (Phi) is 8.10. The fourth-order valence-electron chi connectivity index (χ4n) is 3.12. The first-order valence-corrected chi connectivity index (χ1v) is 11.4. The van der Waals surface area contributed by atoms with Gasteiger partial charge in [-0.2, -0.15) is 9.78 Å². The number of hydrogen-bond acceptors (Lipinski definition) is 6. The average Bonchev–Trinajstić information content (AvgIpc) is 2.78. The summed E-state index contributed by atoms with van der Waals surface area (Å²) in [5, 5.41) is 14.4. The number of aromatic nitrogens is 2. The van der Waals surface area contributed by atoms with Gasteiger partial charge in [0, 0.05) is 27.5 Å². The number of rotatable bonds is 9. The summed E-state index contributed by atoms with van der Waals surface area (Å²) in [5.74, 6) is -0.225. The first-order chi connectivity index (χ1) is 15.7. The molecule has 0 radical (unpaired) electrons. The molecule has 3 rings (SSSR count). The van der Waals surface area contributed by atoms with Gasteiger partial charge in [-0.15, -0.1) is 0 Å². The van der Waals surface area contributed by atoms with Gasteiger partial charge in [0.2, 0.25) is 0 Å². The Labute approximate surface area is 203 Å². The van der Waals surface area contributed by atoms with Crippen molar-refractivity contribution >= 4 is 50.6 Å². The summed E-state index contributed by atoms with van der Waals surface area (Å²) in [6.45, 7) is 3.45. The third-order valence-electron chi connectivity index (χ3n) is 4.85. The molecule has 0 aliphatic heterocycles. The standard InChI is InChI=1S/C23H23BrClN3O5/c1-4-5-6-20-27-18-8-7-15(24)10-17(18)22(29)28(20)26-12-14-9-16(25)11-19(32-3)21(14)33-13(2)23(30)31/h7-13H,4-6H2,1-3H3,(H,30,31)/t13-/m1/s1. The van der Waals surface area contributed by atoms with Crippen LogP contribution in [0.3, 0.4) is 0 Å². The molecular weight excluding hydrogens is 514 g/mol. The van der Waals surface area contributed by atoms with Crippen molar-refractivity contribution < 1.29 is 19.4 Å². The lowest BCUT2D eigenvalue weighted by Crippen LogP contribution is -2.24. The third kappa shape index (κ3) is 5.72. The van der Waals surface area contributed by atoms with E-state index >= 15 is 0 Å². The van der Waals surface area contributed by atoms with E-state index in [0.29, 0.717) is 33.7 Å². The summed E-state index contributed by atoms with van der Waals surface area (Å²) < 4.78 is 12.9. The zero-order valence-electron chi connectivity index (χ0n) is 18.3. The normalized spacial score (nSPS) is 12.3. The second-order valence-corrected chi connectivity index (χ2v) is 8.63. The predicted octanol–water partition coefficient (Wildman–Crippen LogP) is 4.90. The maximum Gasteiger partial charge on any atom is 0.344 e. The molecule has 0 aliphatic carbocycles. The zero-order chi connectivity index (χ0) is 24.1. The van der Waals surface area contributed by atoms with Crippen molar-refractivity contribution in [1.29, 1.82) is 0 Å². The van der Waals surface area contributed by atoms with Crippen molar-refractivity contribution in [3.8, 4) is 11.5 Å². The van der Waals surface area contributed by atoms with Gasteiger partial charge in [-0.25, -0.2) is 9.78 Å². The first-order valence-electron chi connectivity index (χ1n) is 10.3. The van der Waals surface area contributed by atoms with Crippen LogP contribution in [0.15, 0.2) is 44.7 Å². The number of methoxy groups -OCH3 is 1. The molecule has 1 N–H and O–H groups in total. The quantitative estimate of drug-likeness (QED) is 0.390. The van der Waals surface area contributed by atoms with E-state index in [1.54, 1.807) is 18.2 Å². The highest BCUT2D eigenvalue weighted by Gasteiger charge is 2.19. The van der Waals surface area contributed by atoms with Gasteiger partial charge in [-0.1, -0.05) is 40.9 Å². The molecule has 0 unspecified atom stereocenters. The van der Waals surface area contributed by atoms with Crippen LogP contribution in [0.5, 0.6) is 11.5 Å². The minimum Gasteiger partial charge on any atom is -0.493 e. The Morgan fingerprint density at radius 3 is 2.79 bits per heavy atom. The van der Waals surface area contributed by atoms with Crippen molar-refractivity contribution in [2.24, 2.45) is 5.10 Å². The van der Waals surface area contributed by atoms with Gasteiger partial charge in [0.25, 0.3) is 5.56 Å². The van der Waals surface area contributed by atoms with E-state index in [2.05, 4.69) is 32.9 Å². The molecule has 10 heteroatoms. The fourth-order valence-corrected chi connectivity index (χ4v) is 3.70. The van der Waals surface area contributed by atoms with Crippen molar-refractivity contribution in [2.75, 3.05) is 7.11 Å². The Hall–Kier alpha value is -2.91. The molecule has 0 saturated heterocycles. The topological polar surface area (TPSA) is 103 Å². The lowest BCUT2D eigenvalue weighted by Gasteiger charge is -2.16. The average molecular weight is 537 g/mol. The molecule has 1 heterocycles. The Morgan fingerprint density at radius 1 is 1.36 bits per heavy atom. The minimum absolute atomic E-state index is 0.153. The highest BCUT2D eigenvalue weighted by atomic mass is 79.9. The van der Waals surface area contributed by atoms with Crippen LogP contribution in [0.2, 0.25) is 5.02 Å². The van der Waals surface area contributed by atoms with Crippen LogP contribution in [0.25, 0.3) is 10.9 Å². The van der Waals surface area contributed by atoms with Gasteiger partial charge in [-0.05, 0) is 37.6 Å². The number of nitrogens with zero attached hydrogens (tertiary/aromatic N) is 3. The molecule has 3 aromatic rings. The number of carbonyl (C=O) groups is 1. The third-order valence-corrected chi connectivity index (χ3v) is 5.56. The summed E-state index contributed by atoms with van der Waals surface area (Å²) in [6, 6.07) is 8.38. The number of aryl methyl sites for hydroxylation is 1. The van der Waals surface area contributed by atoms with Crippen molar-refractivity contribution in [1.82, 2.24) is 9.66 Å². The number of halogens is 2. The molecule has 0 saturated carbocycles. The summed E-state index contributed by atoms with van der Waals surface area (Å²) in [6.07, 6.45) is 2.57. The number of aliphatic carboxylic acids is 1.